The van der Waals surface area contributed by atoms with Crippen molar-refractivity contribution in [2.24, 2.45) is 0 Å². The zero-order chi connectivity index (χ0) is 8.20. The van der Waals surface area contributed by atoms with E-state index in [4.69, 9.17) is 4.55 Å². The van der Waals surface area contributed by atoms with E-state index in [1.165, 1.54) is 0 Å². The van der Waals surface area contributed by atoms with Crippen molar-refractivity contribution in [1.29, 1.82) is 0 Å². The van der Waals surface area contributed by atoms with Gasteiger partial charge in [-0.25, -0.2) is 0 Å². The summed E-state index contributed by atoms with van der Waals surface area (Å²) >= 11 is 0. The van der Waals surface area contributed by atoms with Crippen LogP contribution in [0.25, 0.3) is 0 Å². The first-order valence-corrected chi connectivity index (χ1v) is 4.57. The molecule has 0 aliphatic rings. The van der Waals surface area contributed by atoms with E-state index in [0.717, 1.165) is 12.8 Å². The highest BCUT2D eigenvalue weighted by Crippen LogP contribution is 2.09. The van der Waals surface area contributed by atoms with Crippen LogP contribution in [0.1, 0.15) is 26.2 Å². The molecule has 0 spiro atoms. The number of rotatable bonds is 4. The molecule has 0 amide bonds. The quantitative estimate of drug-likeness (QED) is 0.642. The summed E-state index contributed by atoms with van der Waals surface area (Å²) in [5.41, 5.74) is 0. The van der Waals surface area contributed by atoms with Gasteiger partial charge < -0.3 is 0 Å². The summed E-state index contributed by atoms with van der Waals surface area (Å²) in [5.74, 6) is 0. The lowest BCUT2D eigenvalue weighted by Crippen LogP contribution is -1.99. The van der Waals surface area contributed by atoms with Gasteiger partial charge in [-0.1, -0.05) is 19.9 Å². The molecule has 60 valence electrons. The Balaban J connectivity index is 3.88. The van der Waals surface area contributed by atoms with Gasteiger partial charge in [0, 0.05) is 0 Å². The lowest BCUT2D eigenvalue weighted by Gasteiger charge is -1.98. The van der Waals surface area contributed by atoms with Crippen LogP contribution in [-0.2, 0) is 10.1 Å². The molecule has 0 rings (SSSR count). The van der Waals surface area contributed by atoms with E-state index < -0.39 is 10.1 Å². The molecule has 0 saturated carbocycles. The fraction of sp³-hybridized carbons (Fsp3) is 0.667. The average molecular weight is 164 g/mol. The highest BCUT2D eigenvalue weighted by molar-refractivity contribution is 7.89. The third-order valence-electron chi connectivity index (χ3n) is 1.17. The van der Waals surface area contributed by atoms with Crippen LogP contribution in [0, 0.1) is 0 Å². The van der Waals surface area contributed by atoms with E-state index in [1.54, 1.807) is 0 Å². The Bertz CT molecular complexity index is 203. The van der Waals surface area contributed by atoms with E-state index in [0.29, 0.717) is 6.42 Å². The van der Waals surface area contributed by atoms with Gasteiger partial charge in [0.2, 0.25) is 0 Å². The highest BCUT2D eigenvalue weighted by atomic mass is 32.2. The molecule has 10 heavy (non-hydrogen) atoms. The molecule has 0 fully saturated rings. The largest absolute Gasteiger partial charge is 0.290 e. The van der Waals surface area contributed by atoms with Gasteiger partial charge in [0.1, 0.15) is 0 Å². The summed E-state index contributed by atoms with van der Waals surface area (Å²) in [6.45, 7) is 5.17. The standard InChI is InChI=1S/C6H12O3S/c1-3-4-5-6(2)10(7,8)9/h2-5H2,1H3,(H,7,8,9). The number of hydrogen-bond donors (Lipinski definition) is 1. The van der Waals surface area contributed by atoms with E-state index in [2.05, 4.69) is 6.58 Å². The molecule has 0 bridgehead atoms. The van der Waals surface area contributed by atoms with Crippen molar-refractivity contribution in [2.75, 3.05) is 0 Å². The molecule has 0 aliphatic carbocycles. The summed E-state index contributed by atoms with van der Waals surface area (Å²) in [6, 6.07) is 0. The second kappa shape index (κ2) is 3.73. The van der Waals surface area contributed by atoms with E-state index in [9.17, 15) is 8.42 Å². The van der Waals surface area contributed by atoms with Crippen molar-refractivity contribution in [1.82, 2.24) is 0 Å². The molecule has 0 radical (unpaired) electrons. The van der Waals surface area contributed by atoms with Crippen LogP contribution < -0.4 is 0 Å². The first-order valence-electron chi connectivity index (χ1n) is 3.13. The predicted octanol–water partition coefficient (Wildman–Crippen LogP) is 1.58. The third kappa shape index (κ3) is 3.63. The van der Waals surface area contributed by atoms with Crippen molar-refractivity contribution >= 4 is 10.1 Å². The van der Waals surface area contributed by atoms with E-state index in [1.807, 2.05) is 6.92 Å². The third-order valence-corrected chi connectivity index (χ3v) is 2.11. The molecule has 3 nitrogen and oxygen atoms in total. The summed E-state index contributed by atoms with van der Waals surface area (Å²) in [7, 11) is -3.97. The Morgan fingerprint density at radius 1 is 1.60 bits per heavy atom. The minimum atomic E-state index is -3.97. The fourth-order valence-corrected chi connectivity index (χ4v) is 0.905. The summed E-state index contributed by atoms with van der Waals surface area (Å²) in [6.07, 6.45) is 2.00. The molecule has 0 aromatic heterocycles. The van der Waals surface area contributed by atoms with Crippen LogP contribution in [0.15, 0.2) is 11.5 Å². The Morgan fingerprint density at radius 2 is 2.10 bits per heavy atom. The van der Waals surface area contributed by atoms with Gasteiger partial charge in [-0.2, -0.15) is 8.42 Å². The minimum Gasteiger partial charge on any atom is -0.282 e. The first kappa shape index (κ1) is 9.65. The normalized spacial score (nSPS) is 11.4. The van der Waals surface area contributed by atoms with Crippen LogP contribution in [0.2, 0.25) is 0 Å². The van der Waals surface area contributed by atoms with Gasteiger partial charge in [0.05, 0.1) is 4.91 Å². The molecule has 1 N–H and O–H groups in total. The summed E-state index contributed by atoms with van der Waals surface area (Å²) in [5, 5.41) is 0. The second-order valence-corrected chi connectivity index (χ2v) is 3.64. The van der Waals surface area contributed by atoms with Gasteiger partial charge in [-0.15, -0.1) is 0 Å². The Morgan fingerprint density at radius 3 is 2.40 bits per heavy atom. The minimum absolute atomic E-state index is 0.0886. The maximum Gasteiger partial charge on any atom is 0.290 e. The fourth-order valence-electron chi connectivity index (χ4n) is 0.503. The highest BCUT2D eigenvalue weighted by Gasteiger charge is 2.08. The molecule has 0 unspecified atom stereocenters. The lowest BCUT2D eigenvalue weighted by molar-refractivity contribution is 0.488. The molecular weight excluding hydrogens is 152 g/mol. The topological polar surface area (TPSA) is 54.4 Å². The number of hydrogen-bond acceptors (Lipinski definition) is 2. The summed E-state index contributed by atoms with van der Waals surface area (Å²) < 4.78 is 29.0. The Hall–Kier alpha value is -0.350. The summed E-state index contributed by atoms with van der Waals surface area (Å²) in [4.78, 5) is -0.0886. The van der Waals surface area contributed by atoms with Crippen LogP contribution in [0.4, 0.5) is 0 Å². The Labute approximate surface area is 61.5 Å². The monoisotopic (exact) mass is 164 g/mol. The van der Waals surface area contributed by atoms with E-state index in [-0.39, 0.29) is 4.91 Å². The predicted molar refractivity (Wildman–Crippen MR) is 40.2 cm³/mol. The molecule has 0 aromatic rings. The van der Waals surface area contributed by atoms with Crippen molar-refractivity contribution in [3.63, 3.8) is 0 Å². The smallest absolute Gasteiger partial charge is 0.282 e. The molecule has 0 heterocycles. The molecule has 0 aliphatic heterocycles. The van der Waals surface area contributed by atoms with Crippen molar-refractivity contribution in [3.05, 3.63) is 11.5 Å². The Kier molecular flexibility index (Phi) is 3.60. The van der Waals surface area contributed by atoms with Crippen molar-refractivity contribution < 1.29 is 13.0 Å². The van der Waals surface area contributed by atoms with E-state index >= 15 is 0 Å². The van der Waals surface area contributed by atoms with Gasteiger partial charge >= 0.3 is 0 Å². The maximum atomic E-state index is 10.3. The van der Waals surface area contributed by atoms with Crippen LogP contribution in [0.3, 0.4) is 0 Å². The van der Waals surface area contributed by atoms with Gasteiger partial charge in [0.15, 0.2) is 0 Å². The molecule has 0 atom stereocenters. The first-order chi connectivity index (χ1) is 4.48. The van der Waals surface area contributed by atoms with Crippen LogP contribution >= 0.6 is 0 Å². The zero-order valence-corrected chi connectivity index (χ0v) is 6.82. The van der Waals surface area contributed by atoms with Crippen molar-refractivity contribution in [2.45, 2.75) is 26.2 Å². The van der Waals surface area contributed by atoms with Gasteiger partial charge in [-0.3, -0.25) is 4.55 Å². The van der Waals surface area contributed by atoms with Crippen LogP contribution in [-0.4, -0.2) is 13.0 Å². The number of allylic oxidation sites excluding steroid dienone is 1. The SMILES string of the molecule is C=C(CCCC)S(=O)(=O)O. The zero-order valence-electron chi connectivity index (χ0n) is 6.00. The van der Waals surface area contributed by atoms with Crippen LogP contribution in [0.5, 0.6) is 0 Å². The van der Waals surface area contributed by atoms with Gasteiger partial charge in [-0.05, 0) is 12.8 Å². The molecule has 4 heteroatoms. The maximum absolute atomic E-state index is 10.3. The second-order valence-electron chi connectivity index (χ2n) is 2.12. The molecular formula is C6H12O3S. The molecule has 0 saturated heterocycles. The molecule has 0 aromatic carbocycles. The lowest BCUT2D eigenvalue weighted by atomic mass is 10.2. The van der Waals surface area contributed by atoms with Crippen molar-refractivity contribution in [3.8, 4) is 0 Å². The van der Waals surface area contributed by atoms with Gasteiger partial charge in [0.25, 0.3) is 10.1 Å². The number of unbranched alkanes of at least 4 members (excludes halogenated alkanes) is 1. The average Bonchev–Trinajstić information content (AvgIpc) is 1.80.